The summed E-state index contributed by atoms with van der Waals surface area (Å²) in [5, 5.41) is -0.138. The number of benzene rings is 1. The molecule has 3 rings (SSSR count). The molecule has 2 aromatic heterocycles. The minimum Gasteiger partial charge on any atom is -0.462 e. The first-order valence-corrected chi connectivity index (χ1v) is 7.37. The second kappa shape index (κ2) is 6.16. The molecule has 1 aromatic carbocycles. The number of esters is 1. The summed E-state index contributed by atoms with van der Waals surface area (Å²) in [4.78, 5) is 36.5. The van der Waals surface area contributed by atoms with Gasteiger partial charge in [-0.05, 0) is 19.9 Å². The predicted molar refractivity (Wildman–Crippen MR) is 87.1 cm³/mol. The number of hydrogen-bond acceptors (Lipinski definition) is 6. The van der Waals surface area contributed by atoms with Gasteiger partial charge in [-0.15, -0.1) is 0 Å². The highest BCUT2D eigenvalue weighted by Gasteiger charge is 2.22. The van der Waals surface area contributed by atoms with E-state index >= 15 is 0 Å². The van der Waals surface area contributed by atoms with E-state index in [0.717, 1.165) is 0 Å². The molecule has 3 aromatic rings. The van der Waals surface area contributed by atoms with Crippen molar-refractivity contribution < 1.29 is 18.4 Å². The lowest BCUT2D eigenvalue weighted by atomic mass is 10.0. The molecule has 0 N–H and O–H groups in total. The van der Waals surface area contributed by atoms with E-state index in [1.54, 1.807) is 31.2 Å². The first-order chi connectivity index (χ1) is 11.5. The van der Waals surface area contributed by atoms with Crippen molar-refractivity contribution in [1.82, 2.24) is 0 Å². The molecule has 0 fully saturated rings. The Morgan fingerprint density at radius 2 is 1.75 bits per heavy atom. The van der Waals surface area contributed by atoms with Crippen molar-refractivity contribution >= 4 is 16.7 Å². The number of ether oxygens (including phenoxy) is 1. The quantitative estimate of drug-likeness (QED) is 0.688. The SMILES string of the molecule is CCOC(=O)c1c(C)oc(=O)c2c(=O)oc(-c3ccccc3)cc12. The number of fused-ring (bicyclic) bond motifs is 1. The average molecular weight is 326 g/mol. The second-order valence-electron chi connectivity index (χ2n) is 5.09. The van der Waals surface area contributed by atoms with Crippen LogP contribution in [0.15, 0.2) is 54.8 Å². The monoisotopic (exact) mass is 326 g/mol. The summed E-state index contributed by atoms with van der Waals surface area (Å²) in [5.41, 5.74) is -0.997. The molecule has 24 heavy (non-hydrogen) atoms. The Hall–Kier alpha value is -3.15. The van der Waals surface area contributed by atoms with Gasteiger partial charge in [0.05, 0.1) is 6.61 Å². The average Bonchev–Trinajstić information content (AvgIpc) is 2.55. The molecule has 122 valence electrons. The van der Waals surface area contributed by atoms with Crippen LogP contribution in [0.2, 0.25) is 0 Å². The Kier molecular flexibility index (Phi) is 4.04. The summed E-state index contributed by atoms with van der Waals surface area (Å²) in [6, 6.07) is 10.4. The normalized spacial score (nSPS) is 10.8. The minimum absolute atomic E-state index is 0.0523. The van der Waals surface area contributed by atoms with Crippen molar-refractivity contribution in [3.63, 3.8) is 0 Å². The summed E-state index contributed by atoms with van der Waals surface area (Å²) in [7, 11) is 0. The maximum Gasteiger partial charge on any atom is 0.351 e. The van der Waals surface area contributed by atoms with Crippen LogP contribution in [0.1, 0.15) is 23.0 Å². The highest BCUT2D eigenvalue weighted by molar-refractivity contribution is 6.05. The second-order valence-corrected chi connectivity index (χ2v) is 5.09. The highest BCUT2D eigenvalue weighted by Crippen LogP contribution is 2.25. The number of carbonyl (C=O) groups excluding carboxylic acids is 1. The molecule has 0 radical (unpaired) electrons. The van der Waals surface area contributed by atoms with Gasteiger partial charge in [0, 0.05) is 10.9 Å². The van der Waals surface area contributed by atoms with Gasteiger partial charge < -0.3 is 13.6 Å². The molecule has 0 amide bonds. The van der Waals surface area contributed by atoms with Gasteiger partial charge in [-0.25, -0.2) is 14.4 Å². The van der Waals surface area contributed by atoms with Gasteiger partial charge >= 0.3 is 17.2 Å². The van der Waals surface area contributed by atoms with Crippen molar-refractivity contribution in [2.75, 3.05) is 6.61 Å². The molecule has 0 aliphatic heterocycles. The maximum absolute atomic E-state index is 12.3. The third-order valence-corrected chi connectivity index (χ3v) is 3.56. The molecular weight excluding hydrogens is 312 g/mol. The largest absolute Gasteiger partial charge is 0.462 e. The smallest absolute Gasteiger partial charge is 0.351 e. The first kappa shape index (κ1) is 15.7. The Morgan fingerprint density at radius 3 is 2.42 bits per heavy atom. The van der Waals surface area contributed by atoms with Crippen LogP contribution >= 0.6 is 0 Å². The molecule has 2 heterocycles. The molecular formula is C18H14O6. The Balaban J connectivity index is 2.39. The number of aryl methyl sites for hydroxylation is 1. The van der Waals surface area contributed by atoms with Crippen molar-refractivity contribution in [3.8, 4) is 11.3 Å². The Bertz CT molecular complexity index is 1030. The third-order valence-electron chi connectivity index (χ3n) is 3.56. The van der Waals surface area contributed by atoms with Crippen LogP contribution in [0.3, 0.4) is 0 Å². The fourth-order valence-electron chi connectivity index (χ4n) is 2.52. The maximum atomic E-state index is 12.3. The standard InChI is InChI=1S/C18H14O6/c1-3-22-16(19)14-10(2)23-17(20)15-12(14)9-13(24-18(15)21)11-7-5-4-6-8-11/h4-9H,3H2,1-2H3. The van der Waals surface area contributed by atoms with Crippen LogP contribution in [0.4, 0.5) is 0 Å². The van der Waals surface area contributed by atoms with Crippen LogP contribution in [0.25, 0.3) is 22.1 Å². The van der Waals surface area contributed by atoms with E-state index in [-0.39, 0.29) is 34.5 Å². The lowest BCUT2D eigenvalue weighted by Gasteiger charge is -2.08. The topological polar surface area (TPSA) is 86.7 Å². The summed E-state index contributed by atoms with van der Waals surface area (Å²) in [5.74, 6) is -0.312. The summed E-state index contributed by atoms with van der Waals surface area (Å²) in [6.07, 6.45) is 0. The van der Waals surface area contributed by atoms with E-state index < -0.39 is 17.2 Å². The van der Waals surface area contributed by atoms with Crippen molar-refractivity contribution in [2.45, 2.75) is 13.8 Å². The molecule has 0 aliphatic carbocycles. The van der Waals surface area contributed by atoms with Crippen molar-refractivity contribution in [3.05, 3.63) is 68.6 Å². The fourth-order valence-corrected chi connectivity index (χ4v) is 2.52. The zero-order valence-electron chi connectivity index (χ0n) is 13.1. The molecule has 6 heteroatoms. The highest BCUT2D eigenvalue weighted by atomic mass is 16.5. The van der Waals surface area contributed by atoms with Gasteiger partial charge in [0.15, 0.2) is 5.39 Å². The van der Waals surface area contributed by atoms with Crippen LogP contribution < -0.4 is 11.3 Å². The van der Waals surface area contributed by atoms with E-state index in [2.05, 4.69) is 0 Å². The van der Waals surface area contributed by atoms with Crippen molar-refractivity contribution in [1.29, 1.82) is 0 Å². The zero-order chi connectivity index (χ0) is 17.3. The molecule has 0 saturated carbocycles. The van der Waals surface area contributed by atoms with E-state index in [1.165, 1.54) is 13.0 Å². The van der Waals surface area contributed by atoms with Crippen LogP contribution in [0.5, 0.6) is 0 Å². The number of carbonyl (C=O) groups is 1. The summed E-state index contributed by atoms with van der Waals surface area (Å²) in [6.45, 7) is 3.30. The van der Waals surface area contributed by atoms with E-state index in [4.69, 9.17) is 13.6 Å². The third kappa shape index (κ3) is 2.62. The molecule has 0 bridgehead atoms. The van der Waals surface area contributed by atoms with E-state index in [0.29, 0.717) is 5.56 Å². The predicted octanol–water partition coefficient (Wildman–Crippen LogP) is 2.90. The van der Waals surface area contributed by atoms with Gasteiger partial charge in [0.2, 0.25) is 0 Å². The molecule has 0 spiro atoms. The lowest BCUT2D eigenvalue weighted by molar-refractivity contribution is 0.0524. The molecule has 0 saturated heterocycles. The summed E-state index contributed by atoms with van der Waals surface area (Å²) >= 11 is 0. The number of rotatable bonds is 3. The van der Waals surface area contributed by atoms with Gasteiger partial charge in [-0.2, -0.15) is 0 Å². The minimum atomic E-state index is -0.856. The molecule has 0 aliphatic rings. The van der Waals surface area contributed by atoms with Crippen LogP contribution in [-0.2, 0) is 4.74 Å². The van der Waals surface area contributed by atoms with Gasteiger partial charge in [0.1, 0.15) is 17.1 Å². The first-order valence-electron chi connectivity index (χ1n) is 7.37. The van der Waals surface area contributed by atoms with E-state index in [9.17, 15) is 14.4 Å². The number of hydrogen-bond donors (Lipinski definition) is 0. The van der Waals surface area contributed by atoms with Crippen LogP contribution in [-0.4, -0.2) is 12.6 Å². The van der Waals surface area contributed by atoms with Gasteiger partial charge in [-0.1, -0.05) is 30.3 Å². The van der Waals surface area contributed by atoms with Gasteiger partial charge in [-0.3, -0.25) is 0 Å². The fraction of sp³-hybridized carbons (Fsp3) is 0.167. The summed E-state index contributed by atoms with van der Waals surface area (Å²) < 4.78 is 15.2. The lowest BCUT2D eigenvalue weighted by Crippen LogP contribution is -2.17. The Morgan fingerprint density at radius 1 is 1.08 bits per heavy atom. The van der Waals surface area contributed by atoms with Gasteiger partial charge in [0.25, 0.3) is 0 Å². The van der Waals surface area contributed by atoms with E-state index in [1.807, 2.05) is 6.07 Å². The molecule has 6 nitrogen and oxygen atoms in total. The van der Waals surface area contributed by atoms with Crippen LogP contribution in [0, 0.1) is 6.92 Å². The molecule has 0 unspecified atom stereocenters. The zero-order valence-corrected chi connectivity index (χ0v) is 13.1. The van der Waals surface area contributed by atoms with Crippen molar-refractivity contribution in [2.24, 2.45) is 0 Å². The molecule has 0 atom stereocenters. The Labute approximate surface area is 136 Å².